The lowest BCUT2D eigenvalue weighted by atomic mass is 9.96. The summed E-state index contributed by atoms with van der Waals surface area (Å²) >= 11 is 5.29. The minimum Gasteiger partial charge on any atom is -0.395 e. The minimum atomic E-state index is -0.175. The zero-order chi connectivity index (χ0) is 18.1. The van der Waals surface area contributed by atoms with E-state index in [1.54, 1.807) is 23.9 Å². The molecule has 2 heterocycles. The van der Waals surface area contributed by atoms with Crippen molar-refractivity contribution in [2.75, 3.05) is 39.3 Å². The van der Waals surface area contributed by atoms with E-state index in [0.29, 0.717) is 0 Å². The van der Waals surface area contributed by atoms with E-state index in [1.807, 2.05) is 6.07 Å². The summed E-state index contributed by atoms with van der Waals surface area (Å²) in [5.41, 5.74) is 2.53. The molecule has 1 fully saturated rings. The van der Waals surface area contributed by atoms with Gasteiger partial charge >= 0.3 is 0 Å². The van der Waals surface area contributed by atoms with Gasteiger partial charge in [-0.1, -0.05) is 33.8 Å². The van der Waals surface area contributed by atoms with Crippen LogP contribution in [0.4, 0.5) is 4.39 Å². The number of hydrogen-bond acceptors (Lipinski definition) is 4. The van der Waals surface area contributed by atoms with Gasteiger partial charge in [0.15, 0.2) is 0 Å². The number of hydrogen-bond donors (Lipinski definition) is 1. The average Bonchev–Trinajstić information content (AvgIpc) is 2.79. The summed E-state index contributed by atoms with van der Waals surface area (Å²) in [4.78, 5) is 7.08. The average molecular weight is 437 g/mol. The highest BCUT2D eigenvalue weighted by Crippen LogP contribution is 2.44. The van der Waals surface area contributed by atoms with Crippen molar-refractivity contribution in [2.45, 2.75) is 22.3 Å². The van der Waals surface area contributed by atoms with Crippen LogP contribution in [0.15, 0.2) is 50.7 Å². The third-order valence-corrected chi connectivity index (χ3v) is 6.94. The molecule has 0 aliphatic carbocycles. The summed E-state index contributed by atoms with van der Waals surface area (Å²) in [5.74, 6) is -0.175. The molecule has 0 bridgehead atoms. The van der Waals surface area contributed by atoms with Crippen molar-refractivity contribution in [3.8, 4) is 0 Å². The van der Waals surface area contributed by atoms with Gasteiger partial charge in [-0.2, -0.15) is 0 Å². The van der Waals surface area contributed by atoms with Crippen LogP contribution in [0, 0.1) is 5.82 Å². The van der Waals surface area contributed by atoms with E-state index in [9.17, 15) is 4.39 Å². The fourth-order valence-corrected chi connectivity index (χ4v) is 5.39. The molecule has 1 saturated heterocycles. The second kappa shape index (κ2) is 7.98. The molecule has 1 atom stereocenters. The van der Waals surface area contributed by atoms with E-state index in [1.165, 1.54) is 16.0 Å². The highest BCUT2D eigenvalue weighted by molar-refractivity contribution is 9.10. The van der Waals surface area contributed by atoms with E-state index < -0.39 is 0 Å². The van der Waals surface area contributed by atoms with Crippen LogP contribution in [-0.2, 0) is 6.42 Å². The van der Waals surface area contributed by atoms with Gasteiger partial charge in [0.05, 0.1) is 6.61 Å². The van der Waals surface area contributed by atoms with E-state index in [2.05, 4.69) is 43.9 Å². The zero-order valence-corrected chi connectivity index (χ0v) is 16.9. The normalized spacial score (nSPS) is 21.1. The Morgan fingerprint density at radius 3 is 2.65 bits per heavy atom. The number of aliphatic hydroxyl groups is 1. The molecule has 138 valence electrons. The molecule has 2 aromatic carbocycles. The minimum absolute atomic E-state index is 0.175. The quantitative estimate of drug-likeness (QED) is 0.787. The monoisotopic (exact) mass is 436 g/mol. The molecule has 6 heteroatoms. The molecule has 0 amide bonds. The van der Waals surface area contributed by atoms with Gasteiger partial charge in [-0.05, 0) is 47.9 Å². The van der Waals surface area contributed by atoms with Crippen LogP contribution < -0.4 is 0 Å². The summed E-state index contributed by atoms with van der Waals surface area (Å²) in [5, 5.41) is 9.17. The van der Waals surface area contributed by atoms with Gasteiger partial charge < -0.3 is 5.11 Å². The second-order valence-corrected chi connectivity index (χ2v) is 8.86. The highest BCUT2D eigenvalue weighted by Gasteiger charge is 2.30. The Morgan fingerprint density at radius 2 is 1.88 bits per heavy atom. The summed E-state index contributed by atoms with van der Waals surface area (Å²) in [7, 11) is 0. The molecule has 26 heavy (non-hydrogen) atoms. The molecule has 2 aliphatic rings. The first-order valence-electron chi connectivity index (χ1n) is 8.97. The fraction of sp³-hybridized carbons (Fsp3) is 0.400. The lowest BCUT2D eigenvalue weighted by molar-refractivity contribution is 0.0823. The lowest BCUT2D eigenvalue weighted by Gasteiger charge is -2.39. The number of rotatable bonds is 3. The zero-order valence-electron chi connectivity index (χ0n) is 14.5. The number of β-amino-alcohol motifs (C(OH)–C–C–N with tert-alkyl or cyclic N) is 1. The number of fused-ring (bicyclic) bond motifs is 2. The lowest BCUT2D eigenvalue weighted by Crippen LogP contribution is -2.48. The van der Waals surface area contributed by atoms with Gasteiger partial charge in [0.25, 0.3) is 0 Å². The third kappa shape index (κ3) is 3.85. The molecule has 2 aliphatic heterocycles. The number of aliphatic hydroxyl groups excluding tert-OH is 1. The van der Waals surface area contributed by atoms with Gasteiger partial charge in [0.1, 0.15) is 5.82 Å². The summed E-state index contributed by atoms with van der Waals surface area (Å²) in [6.07, 6.45) is 0.895. The van der Waals surface area contributed by atoms with Crippen LogP contribution in [0.1, 0.15) is 17.2 Å². The SMILES string of the molecule is OCCN1CCN([C@H]2Cc3ccc(F)cc3Sc3ccc(Br)cc32)CC1. The molecule has 0 radical (unpaired) electrons. The first-order valence-corrected chi connectivity index (χ1v) is 10.6. The van der Waals surface area contributed by atoms with Gasteiger partial charge in [0, 0.05) is 53.0 Å². The van der Waals surface area contributed by atoms with Crippen LogP contribution >= 0.6 is 27.7 Å². The molecule has 3 nitrogen and oxygen atoms in total. The molecule has 0 unspecified atom stereocenters. The van der Waals surface area contributed by atoms with Crippen LogP contribution in [-0.4, -0.2) is 54.2 Å². The molecule has 4 rings (SSSR count). The van der Waals surface area contributed by atoms with Crippen LogP contribution in [0.5, 0.6) is 0 Å². The molecule has 0 saturated carbocycles. The Kier molecular flexibility index (Phi) is 5.66. The van der Waals surface area contributed by atoms with Crippen molar-refractivity contribution in [2.24, 2.45) is 0 Å². The Bertz CT molecular complexity index is 795. The molecular formula is C20H22BrFN2OS. The molecule has 1 N–H and O–H groups in total. The number of benzene rings is 2. The van der Waals surface area contributed by atoms with Crippen molar-refractivity contribution in [1.82, 2.24) is 9.80 Å². The Labute approximate surface area is 166 Å². The number of piperazine rings is 1. The fourth-order valence-electron chi connectivity index (χ4n) is 3.87. The van der Waals surface area contributed by atoms with Crippen molar-refractivity contribution in [3.63, 3.8) is 0 Å². The predicted molar refractivity (Wildman–Crippen MR) is 106 cm³/mol. The Hall–Kier alpha value is -0.920. The maximum atomic E-state index is 13.8. The molecule has 0 spiro atoms. The van der Waals surface area contributed by atoms with Gasteiger partial charge in [-0.25, -0.2) is 4.39 Å². The van der Waals surface area contributed by atoms with Crippen LogP contribution in [0.3, 0.4) is 0 Å². The summed E-state index contributed by atoms with van der Waals surface area (Å²) in [6.45, 7) is 4.89. The van der Waals surface area contributed by atoms with Gasteiger partial charge in [0.2, 0.25) is 0 Å². The second-order valence-electron chi connectivity index (χ2n) is 6.86. The topological polar surface area (TPSA) is 26.7 Å². The van der Waals surface area contributed by atoms with E-state index in [-0.39, 0.29) is 18.5 Å². The predicted octanol–water partition coefficient (Wildman–Crippen LogP) is 3.95. The summed E-state index contributed by atoms with van der Waals surface area (Å²) in [6, 6.07) is 11.9. The first-order chi connectivity index (χ1) is 12.6. The van der Waals surface area contributed by atoms with Crippen LogP contribution in [0.25, 0.3) is 0 Å². The van der Waals surface area contributed by atoms with Gasteiger partial charge in [-0.15, -0.1) is 0 Å². The van der Waals surface area contributed by atoms with Gasteiger partial charge in [-0.3, -0.25) is 9.80 Å². The molecule has 0 aromatic heterocycles. The van der Waals surface area contributed by atoms with Crippen molar-refractivity contribution in [3.05, 3.63) is 57.8 Å². The Morgan fingerprint density at radius 1 is 1.08 bits per heavy atom. The van der Waals surface area contributed by atoms with E-state index in [0.717, 1.165) is 48.5 Å². The standard InChI is InChI=1S/C20H22BrFN2OS/c21-15-2-4-19-17(12-15)18(24-7-5-23(6-8-24)9-10-25)11-14-1-3-16(22)13-20(14)26-19/h1-4,12-13,18,25H,5-11H2/t18-/m0/s1. The summed E-state index contributed by atoms with van der Waals surface area (Å²) < 4.78 is 14.9. The first kappa shape index (κ1) is 18.4. The number of halogens is 2. The third-order valence-electron chi connectivity index (χ3n) is 5.26. The maximum absolute atomic E-state index is 13.8. The maximum Gasteiger partial charge on any atom is 0.124 e. The van der Waals surface area contributed by atoms with Crippen molar-refractivity contribution in [1.29, 1.82) is 0 Å². The van der Waals surface area contributed by atoms with Crippen molar-refractivity contribution < 1.29 is 9.50 Å². The van der Waals surface area contributed by atoms with E-state index in [4.69, 9.17) is 5.11 Å². The molecular weight excluding hydrogens is 415 g/mol. The van der Waals surface area contributed by atoms with Crippen LogP contribution in [0.2, 0.25) is 0 Å². The smallest absolute Gasteiger partial charge is 0.124 e. The number of nitrogens with zero attached hydrogens (tertiary/aromatic N) is 2. The largest absolute Gasteiger partial charge is 0.395 e. The molecule has 2 aromatic rings. The van der Waals surface area contributed by atoms with E-state index >= 15 is 0 Å². The highest BCUT2D eigenvalue weighted by atomic mass is 79.9. The Balaban J connectivity index is 1.67. The van der Waals surface area contributed by atoms with Crippen molar-refractivity contribution >= 4 is 27.7 Å².